The van der Waals surface area contributed by atoms with Crippen LogP contribution in [0.1, 0.15) is 19.4 Å². The first kappa shape index (κ1) is 27.3. The highest BCUT2D eigenvalue weighted by molar-refractivity contribution is 8.03. The summed E-state index contributed by atoms with van der Waals surface area (Å²) in [7, 11) is 4.82. The van der Waals surface area contributed by atoms with E-state index >= 15 is 0 Å². The summed E-state index contributed by atoms with van der Waals surface area (Å²) in [4.78, 5) is 22.9. The molecule has 0 saturated heterocycles. The first-order valence-electron chi connectivity index (χ1n) is 12.0. The van der Waals surface area contributed by atoms with E-state index in [-0.39, 0.29) is 5.56 Å². The van der Waals surface area contributed by atoms with E-state index < -0.39 is 0 Å². The zero-order valence-electron chi connectivity index (χ0n) is 22.0. The third-order valence-corrected chi connectivity index (χ3v) is 7.19. The number of rotatable bonds is 10. The summed E-state index contributed by atoms with van der Waals surface area (Å²) in [5, 5.41) is 6.06. The predicted octanol–water partition coefficient (Wildman–Crippen LogP) is 6.40. The SMILES string of the molecule is CNc1ncc2cc(-c3cc(OC)cc(OC)c3Cl)c(=O)n(CCc3ccc(NSC=C(C)C)cc3)c2n1. The van der Waals surface area contributed by atoms with Crippen LogP contribution in [-0.4, -0.2) is 35.8 Å². The summed E-state index contributed by atoms with van der Waals surface area (Å²) >= 11 is 8.19. The van der Waals surface area contributed by atoms with Gasteiger partial charge in [0.2, 0.25) is 5.95 Å². The minimum atomic E-state index is -0.216. The topological polar surface area (TPSA) is 90.3 Å². The van der Waals surface area contributed by atoms with Crippen LogP contribution in [0.3, 0.4) is 0 Å². The van der Waals surface area contributed by atoms with Gasteiger partial charge in [-0.2, -0.15) is 4.98 Å². The monoisotopic (exact) mass is 551 g/mol. The lowest BCUT2D eigenvalue weighted by Crippen LogP contribution is -2.24. The van der Waals surface area contributed by atoms with Gasteiger partial charge in [0, 0.05) is 48.1 Å². The number of pyridine rings is 1. The van der Waals surface area contributed by atoms with Crippen LogP contribution in [0.5, 0.6) is 11.5 Å². The van der Waals surface area contributed by atoms with Crippen molar-refractivity contribution in [1.29, 1.82) is 0 Å². The van der Waals surface area contributed by atoms with Crippen molar-refractivity contribution in [3.8, 4) is 22.6 Å². The molecule has 0 bridgehead atoms. The quantitative estimate of drug-likeness (QED) is 0.219. The van der Waals surface area contributed by atoms with Crippen molar-refractivity contribution in [2.45, 2.75) is 26.8 Å². The van der Waals surface area contributed by atoms with E-state index in [2.05, 4.69) is 51.4 Å². The number of nitrogens with zero attached hydrogens (tertiary/aromatic N) is 3. The van der Waals surface area contributed by atoms with Crippen LogP contribution in [0.15, 0.2) is 64.4 Å². The summed E-state index contributed by atoms with van der Waals surface area (Å²) in [6.45, 7) is 4.53. The number of aryl methyl sites for hydroxylation is 2. The van der Waals surface area contributed by atoms with E-state index in [1.54, 1.807) is 43.1 Å². The highest BCUT2D eigenvalue weighted by Crippen LogP contribution is 2.38. The second kappa shape index (κ2) is 12.2. The van der Waals surface area contributed by atoms with E-state index in [1.807, 2.05) is 12.1 Å². The van der Waals surface area contributed by atoms with Crippen LogP contribution in [-0.2, 0) is 13.0 Å². The minimum absolute atomic E-state index is 0.216. The van der Waals surface area contributed by atoms with Crippen molar-refractivity contribution in [1.82, 2.24) is 14.5 Å². The van der Waals surface area contributed by atoms with Crippen molar-refractivity contribution in [2.75, 3.05) is 31.3 Å². The van der Waals surface area contributed by atoms with E-state index in [4.69, 9.17) is 21.1 Å². The average molecular weight is 552 g/mol. The Bertz CT molecular complexity index is 1530. The number of nitrogens with one attached hydrogen (secondary N) is 2. The average Bonchev–Trinajstić information content (AvgIpc) is 2.93. The molecule has 4 rings (SSSR count). The van der Waals surface area contributed by atoms with Crippen molar-refractivity contribution in [2.24, 2.45) is 0 Å². The van der Waals surface area contributed by atoms with Crippen molar-refractivity contribution in [3.63, 3.8) is 0 Å². The Hall–Kier alpha value is -3.69. The van der Waals surface area contributed by atoms with Crippen molar-refractivity contribution in [3.05, 3.63) is 80.6 Å². The van der Waals surface area contributed by atoms with Crippen LogP contribution in [0.25, 0.3) is 22.2 Å². The number of hydrogen-bond donors (Lipinski definition) is 2. The molecule has 0 saturated carbocycles. The van der Waals surface area contributed by atoms with E-state index in [1.165, 1.54) is 24.6 Å². The minimum Gasteiger partial charge on any atom is -0.497 e. The molecule has 0 aliphatic heterocycles. The molecule has 0 spiro atoms. The van der Waals surface area contributed by atoms with Crippen LogP contribution >= 0.6 is 23.5 Å². The third kappa shape index (κ3) is 6.06. The Labute approximate surface area is 231 Å². The van der Waals surface area contributed by atoms with Gasteiger partial charge in [-0.25, -0.2) is 4.98 Å². The van der Waals surface area contributed by atoms with Gasteiger partial charge < -0.3 is 19.5 Å². The lowest BCUT2D eigenvalue weighted by Gasteiger charge is -2.16. The fourth-order valence-corrected chi connectivity index (χ4v) is 4.77. The first-order chi connectivity index (χ1) is 18.3. The summed E-state index contributed by atoms with van der Waals surface area (Å²) in [6.07, 6.45) is 2.33. The summed E-state index contributed by atoms with van der Waals surface area (Å²) < 4.78 is 15.8. The Morgan fingerprint density at radius 3 is 2.53 bits per heavy atom. The molecule has 2 heterocycles. The molecule has 4 aromatic rings. The van der Waals surface area contributed by atoms with Crippen LogP contribution in [0.4, 0.5) is 11.6 Å². The van der Waals surface area contributed by atoms with Gasteiger partial charge >= 0.3 is 0 Å². The smallest absolute Gasteiger partial charge is 0.260 e. The van der Waals surface area contributed by atoms with Gasteiger partial charge in [0.25, 0.3) is 5.56 Å². The van der Waals surface area contributed by atoms with E-state index in [0.717, 1.165) is 11.3 Å². The molecule has 10 heteroatoms. The number of halogens is 1. The Morgan fingerprint density at radius 2 is 1.87 bits per heavy atom. The maximum atomic E-state index is 13.9. The molecule has 2 aromatic carbocycles. The van der Waals surface area contributed by atoms with E-state index in [0.29, 0.717) is 57.6 Å². The Kier molecular flexibility index (Phi) is 8.81. The summed E-state index contributed by atoms with van der Waals surface area (Å²) in [6, 6.07) is 13.4. The molecular formula is C28H30ClN5O3S. The Balaban J connectivity index is 1.74. The lowest BCUT2D eigenvalue weighted by molar-refractivity contribution is 0.395. The normalized spacial score (nSPS) is 10.8. The second-order valence-corrected chi connectivity index (χ2v) is 9.84. The van der Waals surface area contributed by atoms with Gasteiger partial charge in [-0.15, -0.1) is 0 Å². The maximum absolute atomic E-state index is 13.9. The molecule has 0 aliphatic rings. The van der Waals surface area contributed by atoms with Gasteiger partial charge in [-0.05, 0) is 67.5 Å². The highest BCUT2D eigenvalue weighted by Gasteiger charge is 2.19. The van der Waals surface area contributed by atoms with Crippen LogP contribution < -0.4 is 25.1 Å². The van der Waals surface area contributed by atoms with Gasteiger partial charge in [-0.1, -0.05) is 29.3 Å². The van der Waals surface area contributed by atoms with Gasteiger partial charge in [0.1, 0.15) is 17.1 Å². The number of fused-ring (bicyclic) bond motifs is 1. The lowest BCUT2D eigenvalue weighted by atomic mass is 10.0. The summed E-state index contributed by atoms with van der Waals surface area (Å²) in [5.41, 5.74) is 4.60. The molecule has 0 atom stereocenters. The highest BCUT2D eigenvalue weighted by atomic mass is 35.5. The number of ether oxygens (including phenoxy) is 2. The second-order valence-electron chi connectivity index (χ2n) is 8.79. The molecule has 0 radical (unpaired) electrons. The molecule has 2 N–H and O–H groups in total. The number of methoxy groups -OCH3 is 2. The summed E-state index contributed by atoms with van der Waals surface area (Å²) in [5.74, 6) is 1.39. The van der Waals surface area contributed by atoms with Gasteiger partial charge in [-0.3, -0.25) is 9.36 Å². The Morgan fingerprint density at radius 1 is 1.11 bits per heavy atom. The number of aromatic nitrogens is 3. The fourth-order valence-electron chi connectivity index (χ4n) is 3.91. The van der Waals surface area contributed by atoms with Crippen molar-refractivity contribution >= 4 is 46.2 Å². The number of allylic oxidation sites excluding steroid dienone is 1. The third-order valence-electron chi connectivity index (χ3n) is 5.86. The van der Waals surface area contributed by atoms with E-state index in [9.17, 15) is 4.79 Å². The molecule has 0 aliphatic carbocycles. The number of anilines is 2. The molecule has 0 fully saturated rings. The molecule has 2 aromatic heterocycles. The largest absolute Gasteiger partial charge is 0.497 e. The first-order valence-corrected chi connectivity index (χ1v) is 13.2. The molecule has 0 unspecified atom stereocenters. The maximum Gasteiger partial charge on any atom is 0.260 e. The zero-order valence-corrected chi connectivity index (χ0v) is 23.5. The molecule has 198 valence electrons. The molecule has 0 amide bonds. The number of benzene rings is 2. The van der Waals surface area contributed by atoms with Gasteiger partial charge in [0.05, 0.1) is 19.2 Å². The fraction of sp³-hybridized carbons (Fsp3) is 0.250. The molecule has 38 heavy (non-hydrogen) atoms. The number of hydrogen-bond acceptors (Lipinski definition) is 8. The van der Waals surface area contributed by atoms with Crippen molar-refractivity contribution < 1.29 is 9.47 Å². The zero-order chi connectivity index (χ0) is 27.2. The van der Waals surface area contributed by atoms with Crippen LogP contribution in [0.2, 0.25) is 5.02 Å². The molecular weight excluding hydrogens is 522 g/mol. The predicted molar refractivity (Wildman–Crippen MR) is 158 cm³/mol. The van der Waals surface area contributed by atoms with Crippen LogP contribution in [0, 0.1) is 0 Å². The van der Waals surface area contributed by atoms with Gasteiger partial charge in [0.15, 0.2) is 0 Å². The standard InChI is InChI=1S/C28H30ClN5O3S/c1-17(2)16-38-33-20-8-6-18(7-9-20)10-11-34-26-19(15-31-28(30-3)32-26)12-23(27(34)35)22-13-21(36-4)14-24(37-5)25(22)29/h6-9,12-16,33H,10-11H2,1-5H3,(H,30,31,32). The molecule has 8 nitrogen and oxygen atoms in total.